The topological polar surface area (TPSA) is 102 Å². The summed E-state index contributed by atoms with van der Waals surface area (Å²) in [6, 6.07) is 19.4. The van der Waals surface area contributed by atoms with Crippen molar-refractivity contribution >= 4 is 28.4 Å². The molecule has 1 aliphatic carbocycles. The molecule has 1 aromatic heterocycles. The fourth-order valence-electron chi connectivity index (χ4n) is 4.19. The van der Waals surface area contributed by atoms with Crippen molar-refractivity contribution in [2.24, 2.45) is 0 Å². The van der Waals surface area contributed by atoms with Crippen LogP contribution in [0.1, 0.15) is 37.1 Å². The van der Waals surface area contributed by atoms with Gasteiger partial charge < -0.3 is 14.8 Å². The fraction of sp³-hybridized carbons (Fsp3) is 0.194. The average molecular weight is 555 g/mol. The molecule has 0 radical (unpaired) electrons. The Kier molecular flexibility index (Phi) is 8.12. The van der Waals surface area contributed by atoms with Gasteiger partial charge in [-0.25, -0.2) is 9.78 Å². The van der Waals surface area contributed by atoms with Gasteiger partial charge in [-0.15, -0.1) is 11.3 Å². The van der Waals surface area contributed by atoms with Gasteiger partial charge in [0.1, 0.15) is 11.8 Å². The zero-order valence-electron chi connectivity index (χ0n) is 22.3. The molecule has 0 fully saturated rings. The van der Waals surface area contributed by atoms with E-state index in [9.17, 15) is 9.59 Å². The summed E-state index contributed by atoms with van der Waals surface area (Å²) in [7, 11) is 0. The Balaban J connectivity index is 1.24. The summed E-state index contributed by atoms with van der Waals surface area (Å²) in [4.78, 5) is 31.8. The van der Waals surface area contributed by atoms with Crippen molar-refractivity contribution in [3.63, 3.8) is 0 Å². The molecule has 5 rings (SSSR count). The lowest BCUT2D eigenvalue weighted by Gasteiger charge is -2.25. The lowest BCUT2D eigenvalue weighted by Crippen LogP contribution is -2.55. The van der Waals surface area contributed by atoms with Crippen LogP contribution < -0.4 is 16.0 Å². The Labute approximate surface area is 237 Å². The van der Waals surface area contributed by atoms with E-state index in [0.717, 1.165) is 40.1 Å². The van der Waals surface area contributed by atoms with Crippen molar-refractivity contribution < 1.29 is 19.1 Å². The summed E-state index contributed by atoms with van der Waals surface area (Å²) >= 11 is 1.42. The monoisotopic (exact) mass is 554 g/mol. The summed E-state index contributed by atoms with van der Waals surface area (Å²) < 4.78 is 11.1. The predicted octanol–water partition coefficient (Wildman–Crippen LogP) is 6.38. The number of nitrogens with zero attached hydrogens (tertiary/aromatic N) is 1. The normalized spacial score (nSPS) is 14.6. The Hall–Kier alpha value is -4.63. The molecule has 40 heavy (non-hydrogen) atoms. The van der Waals surface area contributed by atoms with Crippen molar-refractivity contribution in [1.29, 1.82) is 0 Å². The van der Waals surface area contributed by atoms with E-state index in [1.807, 2.05) is 60.7 Å². The van der Waals surface area contributed by atoms with Gasteiger partial charge >= 0.3 is 6.03 Å². The third-order valence-electron chi connectivity index (χ3n) is 6.30. The van der Waals surface area contributed by atoms with Crippen LogP contribution in [0.3, 0.4) is 0 Å². The zero-order valence-corrected chi connectivity index (χ0v) is 23.1. The second-order valence-electron chi connectivity index (χ2n) is 9.84. The second-order valence-corrected chi connectivity index (χ2v) is 10.9. The quantitative estimate of drug-likeness (QED) is 0.300. The molecular formula is C31H30N4O4S. The van der Waals surface area contributed by atoms with E-state index in [2.05, 4.69) is 34.2 Å². The zero-order chi connectivity index (χ0) is 28.0. The molecule has 2 aromatic carbocycles. The van der Waals surface area contributed by atoms with Crippen LogP contribution in [-0.2, 0) is 20.7 Å². The van der Waals surface area contributed by atoms with Crippen LogP contribution in [-0.4, -0.2) is 22.5 Å². The average Bonchev–Trinajstić information content (AvgIpc) is 3.36. The lowest BCUT2D eigenvalue weighted by molar-refractivity contribution is -0.120. The maximum atomic E-state index is 13.3. The highest BCUT2D eigenvalue weighted by atomic mass is 32.1. The van der Waals surface area contributed by atoms with Crippen LogP contribution in [0.25, 0.3) is 11.3 Å². The number of carbonyl (C=O) groups is 2. The number of hydrogen-bond acceptors (Lipinski definition) is 6. The molecule has 3 aromatic rings. The molecule has 0 saturated heterocycles. The van der Waals surface area contributed by atoms with Gasteiger partial charge in [0.2, 0.25) is 5.88 Å². The molecule has 0 atom stereocenters. The van der Waals surface area contributed by atoms with Crippen LogP contribution >= 0.6 is 11.3 Å². The number of carbonyl (C=O) groups excluding carboxylic acids is 2. The van der Waals surface area contributed by atoms with E-state index in [1.54, 1.807) is 13.8 Å². The highest BCUT2D eigenvalue weighted by Crippen LogP contribution is 2.33. The molecule has 0 saturated carbocycles. The van der Waals surface area contributed by atoms with Gasteiger partial charge in [-0.3, -0.25) is 15.4 Å². The predicted molar refractivity (Wildman–Crippen MR) is 156 cm³/mol. The maximum Gasteiger partial charge on any atom is 0.322 e. The highest BCUT2D eigenvalue weighted by Gasteiger charge is 2.31. The van der Waals surface area contributed by atoms with Gasteiger partial charge in [-0.1, -0.05) is 78.9 Å². The molecule has 1 aliphatic heterocycles. The highest BCUT2D eigenvalue weighted by molar-refractivity contribution is 7.16. The number of hydrogen-bond donors (Lipinski definition) is 3. The van der Waals surface area contributed by atoms with Gasteiger partial charge in [0.25, 0.3) is 5.91 Å². The number of rotatable bonds is 8. The smallest absolute Gasteiger partial charge is 0.322 e. The summed E-state index contributed by atoms with van der Waals surface area (Å²) in [6.07, 6.45) is 11.2. The van der Waals surface area contributed by atoms with E-state index in [0.29, 0.717) is 17.3 Å². The molecule has 0 spiro atoms. The minimum absolute atomic E-state index is 0.125. The first kappa shape index (κ1) is 27.0. The number of allylic oxidation sites excluding steroid dienone is 4. The van der Waals surface area contributed by atoms with E-state index < -0.39 is 17.5 Å². The number of benzene rings is 2. The number of ether oxygens (including phenoxy) is 2. The van der Waals surface area contributed by atoms with Gasteiger partial charge in [0.15, 0.2) is 17.2 Å². The van der Waals surface area contributed by atoms with Gasteiger partial charge in [-0.2, -0.15) is 0 Å². The van der Waals surface area contributed by atoms with Crippen LogP contribution in [0.15, 0.2) is 109 Å². The third kappa shape index (κ3) is 6.68. The van der Waals surface area contributed by atoms with Crippen LogP contribution in [0.5, 0.6) is 0 Å². The Bertz CT molecular complexity index is 1500. The van der Waals surface area contributed by atoms with Crippen LogP contribution in [0.4, 0.5) is 9.93 Å². The number of urea groups is 1. The van der Waals surface area contributed by atoms with Gasteiger partial charge in [0, 0.05) is 16.9 Å². The molecule has 3 N–H and O–H groups in total. The van der Waals surface area contributed by atoms with Crippen LogP contribution in [0.2, 0.25) is 0 Å². The lowest BCUT2D eigenvalue weighted by atomic mass is 10.0. The first-order valence-corrected chi connectivity index (χ1v) is 13.8. The molecule has 3 amide bonds. The molecule has 204 valence electrons. The SMILES string of the molecule is CC(C)(NC(=O)NC1=COC=C(C2=CC=CCC2)O1)C(=O)Nc1nc(-c2ccccc2)c(Cc2ccccc2)s1. The fourth-order valence-corrected chi connectivity index (χ4v) is 5.21. The van der Waals surface area contributed by atoms with Crippen molar-refractivity contribution in [2.45, 2.75) is 38.6 Å². The van der Waals surface area contributed by atoms with Crippen molar-refractivity contribution in [1.82, 2.24) is 15.6 Å². The standard InChI is InChI=1S/C31H30N4O4S/c1-31(2,35-29(37)32-26-20-38-19-24(39-26)22-14-8-4-9-15-22)28(36)34-30-33-27(23-16-10-5-11-17-23)25(40-30)18-21-12-6-3-7-13-21/h3-8,10-14,16-17,19-20H,9,15,18H2,1-2H3,(H2,32,35,37)(H,33,34,36). The number of aromatic nitrogens is 1. The molecular weight excluding hydrogens is 524 g/mol. The summed E-state index contributed by atoms with van der Waals surface area (Å²) in [5.74, 6) is 0.250. The van der Waals surface area contributed by atoms with Gasteiger partial charge in [-0.05, 0) is 37.8 Å². The first-order valence-electron chi connectivity index (χ1n) is 13.0. The number of nitrogens with one attached hydrogen (secondary N) is 3. The molecule has 8 nitrogen and oxygen atoms in total. The van der Waals surface area contributed by atoms with E-state index in [1.165, 1.54) is 23.9 Å². The number of anilines is 1. The van der Waals surface area contributed by atoms with Crippen molar-refractivity contribution in [2.75, 3.05) is 5.32 Å². The molecule has 2 aliphatic rings. The molecule has 9 heteroatoms. The van der Waals surface area contributed by atoms with E-state index in [4.69, 9.17) is 14.5 Å². The Morgan fingerprint density at radius 1 is 1.00 bits per heavy atom. The number of amides is 3. The minimum atomic E-state index is -1.26. The summed E-state index contributed by atoms with van der Waals surface area (Å²) in [5.41, 5.74) is 2.66. The molecule has 2 heterocycles. The molecule has 0 unspecified atom stereocenters. The largest absolute Gasteiger partial charge is 0.463 e. The van der Waals surface area contributed by atoms with E-state index >= 15 is 0 Å². The summed E-state index contributed by atoms with van der Waals surface area (Å²) in [6.45, 7) is 3.24. The molecule has 0 bridgehead atoms. The third-order valence-corrected chi connectivity index (χ3v) is 7.27. The number of thiazole rings is 1. The summed E-state index contributed by atoms with van der Waals surface area (Å²) in [5, 5.41) is 8.66. The Morgan fingerprint density at radius 3 is 2.48 bits per heavy atom. The van der Waals surface area contributed by atoms with E-state index in [-0.39, 0.29) is 5.88 Å². The second kappa shape index (κ2) is 12.0. The van der Waals surface area contributed by atoms with Crippen molar-refractivity contribution in [3.05, 3.63) is 119 Å². The van der Waals surface area contributed by atoms with Crippen LogP contribution in [0, 0.1) is 0 Å². The minimum Gasteiger partial charge on any atom is -0.463 e. The maximum absolute atomic E-state index is 13.3. The van der Waals surface area contributed by atoms with Crippen molar-refractivity contribution in [3.8, 4) is 11.3 Å². The Morgan fingerprint density at radius 2 is 1.75 bits per heavy atom. The first-order chi connectivity index (χ1) is 19.4. The van der Waals surface area contributed by atoms with Gasteiger partial charge in [0.05, 0.1) is 5.69 Å².